The van der Waals surface area contributed by atoms with Gasteiger partial charge in [-0.2, -0.15) is 5.10 Å². The van der Waals surface area contributed by atoms with Gasteiger partial charge in [0.05, 0.1) is 12.0 Å². The standard InChI is InChI=1S/C24H21N5OS2/c1-31-21-14-12-18(13-15-21)16-25-26-22(30)17-32-24-28-27-23(19-8-4-2-5-9-19)29(24)20-10-6-3-7-11-20/h2-16H,17H2,1H3,(H,26,30)/b25-16+. The highest BCUT2D eigenvalue weighted by atomic mass is 32.2. The van der Waals surface area contributed by atoms with E-state index in [9.17, 15) is 4.79 Å². The Morgan fingerprint density at radius 1 is 0.969 bits per heavy atom. The molecule has 1 amide bonds. The van der Waals surface area contributed by atoms with Gasteiger partial charge < -0.3 is 0 Å². The van der Waals surface area contributed by atoms with Gasteiger partial charge in [-0.05, 0) is 36.1 Å². The normalized spacial score (nSPS) is 11.0. The number of carbonyl (C=O) groups is 1. The Balaban J connectivity index is 1.45. The Hall–Kier alpha value is -3.36. The van der Waals surface area contributed by atoms with Gasteiger partial charge in [-0.3, -0.25) is 9.36 Å². The Labute approximate surface area is 195 Å². The molecule has 4 aromatic rings. The van der Waals surface area contributed by atoms with Crippen LogP contribution < -0.4 is 5.43 Å². The van der Waals surface area contributed by atoms with Crippen LogP contribution in [0.25, 0.3) is 17.1 Å². The van der Waals surface area contributed by atoms with E-state index in [1.165, 1.54) is 16.7 Å². The monoisotopic (exact) mass is 459 g/mol. The quantitative estimate of drug-likeness (QED) is 0.231. The van der Waals surface area contributed by atoms with E-state index < -0.39 is 0 Å². The number of hydrogen-bond donors (Lipinski definition) is 1. The summed E-state index contributed by atoms with van der Waals surface area (Å²) < 4.78 is 1.96. The molecule has 32 heavy (non-hydrogen) atoms. The zero-order chi connectivity index (χ0) is 22.2. The second-order valence-corrected chi connectivity index (χ2v) is 8.52. The van der Waals surface area contributed by atoms with Crippen molar-refractivity contribution in [2.45, 2.75) is 10.1 Å². The highest BCUT2D eigenvalue weighted by molar-refractivity contribution is 7.99. The molecule has 0 radical (unpaired) electrons. The van der Waals surface area contributed by atoms with Crippen molar-refractivity contribution in [3.05, 3.63) is 90.5 Å². The SMILES string of the molecule is CSc1ccc(/C=N/NC(=O)CSc2nnc(-c3ccccc3)n2-c2ccccc2)cc1. The zero-order valence-corrected chi connectivity index (χ0v) is 19.0. The van der Waals surface area contributed by atoms with Gasteiger partial charge in [-0.1, -0.05) is 72.4 Å². The number of thioether (sulfide) groups is 2. The van der Waals surface area contributed by atoms with Crippen molar-refractivity contribution in [2.24, 2.45) is 5.10 Å². The van der Waals surface area contributed by atoms with Crippen LogP contribution >= 0.6 is 23.5 Å². The number of carbonyl (C=O) groups excluding carboxylic acids is 1. The Morgan fingerprint density at radius 3 is 2.34 bits per heavy atom. The maximum atomic E-state index is 12.3. The summed E-state index contributed by atoms with van der Waals surface area (Å²) >= 11 is 3.00. The molecule has 0 atom stereocenters. The van der Waals surface area contributed by atoms with Crippen molar-refractivity contribution in [1.82, 2.24) is 20.2 Å². The molecule has 0 unspecified atom stereocenters. The van der Waals surface area contributed by atoms with Crippen molar-refractivity contribution >= 4 is 35.6 Å². The van der Waals surface area contributed by atoms with E-state index in [-0.39, 0.29) is 11.7 Å². The fourth-order valence-electron chi connectivity index (χ4n) is 2.98. The number of hydrazone groups is 1. The topological polar surface area (TPSA) is 72.2 Å². The third-order valence-corrected chi connectivity index (χ3v) is 6.20. The fraction of sp³-hybridized carbons (Fsp3) is 0.0833. The van der Waals surface area contributed by atoms with Crippen LogP contribution in [0.1, 0.15) is 5.56 Å². The summed E-state index contributed by atoms with van der Waals surface area (Å²) in [7, 11) is 0. The summed E-state index contributed by atoms with van der Waals surface area (Å²) in [5.41, 5.74) is 5.39. The lowest BCUT2D eigenvalue weighted by Gasteiger charge is -2.10. The minimum Gasteiger partial charge on any atom is -0.272 e. The molecule has 0 aliphatic rings. The highest BCUT2D eigenvalue weighted by Gasteiger charge is 2.16. The van der Waals surface area contributed by atoms with Crippen molar-refractivity contribution in [3.63, 3.8) is 0 Å². The van der Waals surface area contributed by atoms with Crippen LogP contribution in [-0.2, 0) is 4.79 Å². The second kappa shape index (κ2) is 10.8. The number of nitrogens with one attached hydrogen (secondary N) is 1. The summed E-state index contributed by atoms with van der Waals surface area (Å²) in [6.07, 6.45) is 3.66. The third-order valence-electron chi connectivity index (χ3n) is 4.53. The molecule has 0 spiro atoms. The van der Waals surface area contributed by atoms with E-state index in [2.05, 4.69) is 20.7 Å². The lowest BCUT2D eigenvalue weighted by Crippen LogP contribution is -2.20. The van der Waals surface area contributed by atoms with Crippen LogP contribution in [0.5, 0.6) is 0 Å². The molecule has 0 aliphatic carbocycles. The molecule has 0 bridgehead atoms. The first-order valence-electron chi connectivity index (χ1n) is 9.89. The number of benzene rings is 3. The molecular weight excluding hydrogens is 438 g/mol. The average molecular weight is 460 g/mol. The van der Waals surface area contributed by atoms with Gasteiger partial charge in [0.25, 0.3) is 5.91 Å². The number of aromatic nitrogens is 3. The van der Waals surface area contributed by atoms with Crippen molar-refractivity contribution in [1.29, 1.82) is 0 Å². The summed E-state index contributed by atoms with van der Waals surface area (Å²) in [6.45, 7) is 0. The molecule has 160 valence electrons. The average Bonchev–Trinajstić information content (AvgIpc) is 3.28. The van der Waals surface area contributed by atoms with Gasteiger partial charge >= 0.3 is 0 Å². The van der Waals surface area contributed by atoms with Crippen LogP contribution in [0.2, 0.25) is 0 Å². The first kappa shape index (κ1) is 21.9. The summed E-state index contributed by atoms with van der Waals surface area (Å²) in [6, 6.07) is 27.7. The Bertz CT molecular complexity index is 1190. The number of hydrogen-bond acceptors (Lipinski definition) is 6. The van der Waals surface area contributed by atoms with Crippen LogP contribution in [0.15, 0.2) is 100 Å². The molecule has 4 rings (SSSR count). The molecule has 3 aromatic carbocycles. The Morgan fingerprint density at radius 2 is 1.66 bits per heavy atom. The van der Waals surface area contributed by atoms with E-state index in [4.69, 9.17) is 0 Å². The largest absolute Gasteiger partial charge is 0.272 e. The van der Waals surface area contributed by atoms with Gasteiger partial charge in [-0.15, -0.1) is 22.0 Å². The zero-order valence-electron chi connectivity index (χ0n) is 17.4. The minimum atomic E-state index is -0.212. The number of rotatable bonds is 8. The van der Waals surface area contributed by atoms with Crippen molar-refractivity contribution in [2.75, 3.05) is 12.0 Å². The summed E-state index contributed by atoms with van der Waals surface area (Å²) in [4.78, 5) is 13.5. The van der Waals surface area contributed by atoms with E-state index in [1.54, 1.807) is 18.0 Å². The van der Waals surface area contributed by atoms with Crippen molar-refractivity contribution < 1.29 is 4.79 Å². The molecule has 1 heterocycles. The van der Waals surface area contributed by atoms with E-state index in [1.807, 2.05) is 95.8 Å². The van der Waals surface area contributed by atoms with Crippen molar-refractivity contribution in [3.8, 4) is 17.1 Å². The first-order chi connectivity index (χ1) is 15.7. The molecule has 0 aliphatic heterocycles. The van der Waals surface area contributed by atoms with Gasteiger partial charge in [0.2, 0.25) is 0 Å². The van der Waals surface area contributed by atoms with Gasteiger partial charge in [0, 0.05) is 16.1 Å². The van der Waals surface area contributed by atoms with Gasteiger partial charge in [-0.25, -0.2) is 5.43 Å². The maximum absolute atomic E-state index is 12.3. The molecule has 1 aromatic heterocycles. The number of para-hydroxylation sites is 1. The van der Waals surface area contributed by atoms with Crippen LogP contribution in [0, 0.1) is 0 Å². The summed E-state index contributed by atoms with van der Waals surface area (Å²) in [5.74, 6) is 0.685. The maximum Gasteiger partial charge on any atom is 0.250 e. The Kier molecular flexibility index (Phi) is 7.37. The predicted octanol–water partition coefficient (Wildman–Crippen LogP) is 4.90. The second-order valence-electron chi connectivity index (χ2n) is 6.70. The molecule has 1 N–H and O–H groups in total. The number of amides is 1. The van der Waals surface area contributed by atoms with Crippen LogP contribution in [-0.4, -0.2) is 38.9 Å². The van der Waals surface area contributed by atoms with Crippen LogP contribution in [0.3, 0.4) is 0 Å². The first-order valence-corrected chi connectivity index (χ1v) is 12.1. The molecule has 0 saturated carbocycles. The molecule has 6 nitrogen and oxygen atoms in total. The molecule has 8 heteroatoms. The smallest absolute Gasteiger partial charge is 0.250 e. The fourth-order valence-corrected chi connectivity index (χ4v) is 4.13. The van der Waals surface area contributed by atoms with Gasteiger partial charge in [0.1, 0.15) is 0 Å². The third kappa shape index (κ3) is 5.46. The van der Waals surface area contributed by atoms with Gasteiger partial charge in [0.15, 0.2) is 11.0 Å². The summed E-state index contributed by atoms with van der Waals surface area (Å²) in [5, 5.41) is 13.4. The highest BCUT2D eigenvalue weighted by Crippen LogP contribution is 2.27. The molecule has 0 fully saturated rings. The van der Waals surface area contributed by atoms with Crippen LogP contribution in [0.4, 0.5) is 0 Å². The van der Waals surface area contributed by atoms with E-state index in [0.29, 0.717) is 5.16 Å². The molecular formula is C24H21N5OS2. The van der Waals surface area contributed by atoms with E-state index >= 15 is 0 Å². The predicted molar refractivity (Wildman–Crippen MR) is 131 cm³/mol. The lowest BCUT2D eigenvalue weighted by molar-refractivity contribution is -0.118. The minimum absolute atomic E-state index is 0.169. The molecule has 0 saturated heterocycles. The lowest BCUT2D eigenvalue weighted by atomic mass is 10.2. The van der Waals surface area contributed by atoms with E-state index in [0.717, 1.165) is 22.6 Å². The number of nitrogens with zero attached hydrogens (tertiary/aromatic N) is 4.